The van der Waals surface area contributed by atoms with Gasteiger partial charge in [0.15, 0.2) is 5.13 Å². The van der Waals surface area contributed by atoms with E-state index in [0.717, 1.165) is 25.7 Å². The van der Waals surface area contributed by atoms with Gasteiger partial charge in [0.05, 0.1) is 18.6 Å². The monoisotopic (exact) mass is 598 g/mol. The van der Waals surface area contributed by atoms with Gasteiger partial charge < -0.3 is 19.7 Å². The van der Waals surface area contributed by atoms with E-state index in [2.05, 4.69) is 10.3 Å². The molecule has 12 heteroatoms. The molecular weight excluding hydrogens is 564 g/mol. The molecular formula is C29H34N4O6S2. The van der Waals surface area contributed by atoms with E-state index in [9.17, 15) is 18.0 Å². The summed E-state index contributed by atoms with van der Waals surface area (Å²) in [6, 6.07) is 12.5. The average molecular weight is 599 g/mol. The Bertz CT molecular complexity index is 1440. The summed E-state index contributed by atoms with van der Waals surface area (Å²) in [5.41, 5.74) is 0. The van der Waals surface area contributed by atoms with Crippen LogP contribution < -0.4 is 14.8 Å². The molecule has 2 aliphatic rings. The van der Waals surface area contributed by atoms with E-state index in [0.29, 0.717) is 34.7 Å². The highest BCUT2D eigenvalue weighted by molar-refractivity contribution is 7.89. The number of aromatic nitrogens is 1. The summed E-state index contributed by atoms with van der Waals surface area (Å²) in [6.07, 6.45) is 7.65. The number of hydrogen-bond acceptors (Lipinski definition) is 8. The van der Waals surface area contributed by atoms with Gasteiger partial charge in [-0.3, -0.25) is 9.59 Å². The van der Waals surface area contributed by atoms with E-state index in [4.69, 9.17) is 9.47 Å². The number of amides is 2. The first-order valence-corrected chi connectivity index (χ1v) is 16.1. The maximum absolute atomic E-state index is 13.6. The molecule has 1 aliphatic heterocycles. The van der Waals surface area contributed by atoms with E-state index in [1.54, 1.807) is 60.0 Å². The second-order valence-corrected chi connectivity index (χ2v) is 13.1. The van der Waals surface area contributed by atoms with Gasteiger partial charge in [0.25, 0.3) is 0 Å². The standard InChI is InChI=1S/C29H34N4O6S2/c1-38-22-10-12-23(13-11-22)39-24-8-5-9-25(19-24)41(36,37)32-15-16-33(27(34)20-32)26(18-21-6-3-2-4-7-21)28(35)31-29-30-14-17-40-29/h5,8-14,17,19,21,26H,2-4,6-7,15-16,18,20H2,1H3,(H,30,31,35)/t26-/m0/s1. The summed E-state index contributed by atoms with van der Waals surface area (Å²) in [5, 5.41) is 5.11. The summed E-state index contributed by atoms with van der Waals surface area (Å²) in [7, 11) is -2.41. The first-order valence-electron chi connectivity index (χ1n) is 13.8. The van der Waals surface area contributed by atoms with Gasteiger partial charge >= 0.3 is 0 Å². The number of carbonyl (C=O) groups excluding carboxylic acids is 2. The molecule has 3 aromatic rings. The number of carbonyl (C=O) groups is 2. The molecule has 41 heavy (non-hydrogen) atoms. The van der Waals surface area contributed by atoms with Crippen molar-refractivity contribution in [3.05, 3.63) is 60.1 Å². The van der Waals surface area contributed by atoms with Crippen molar-refractivity contribution in [2.75, 3.05) is 32.1 Å². The number of thiazole rings is 1. The van der Waals surface area contributed by atoms with E-state index in [1.165, 1.54) is 34.2 Å². The Balaban J connectivity index is 1.29. The van der Waals surface area contributed by atoms with E-state index in [1.807, 2.05) is 0 Å². The zero-order chi connectivity index (χ0) is 28.8. The van der Waals surface area contributed by atoms with Crippen molar-refractivity contribution in [3.8, 4) is 17.2 Å². The highest BCUT2D eigenvalue weighted by Gasteiger charge is 2.39. The minimum absolute atomic E-state index is 0.0324. The lowest BCUT2D eigenvalue weighted by atomic mass is 9.84. The maximum Gasteiger partial charge on any atom is 0.248 e. The molecule has 10 nitrogen and oxygen atoms in total. The van der Waals surface area contributed by atoms with Crippen LogP contribution in [-0.4, -0.2) is 67.2 Å². The number of nitrogens with zero attached hydrogens (tertiary/aromatic N) is 3. The largest absolute Gasteiger partial charge is 0.497 e. The number of benzene rings is 2. The minimum atomic E-state index is -3.98. The third-order valence-electron chi connectivity index (χ3n) is 7.58. The summed E-state index contributed by atoms with van der Waals surface area (Å²) >= 11 is 1.32. The van der Waals surface area contributed by atoms with Crippen molar-refractivity contribution >= 4 is 38.3 Å². The topological polar surface area (TPSA) is 118 Å². The maximum atomic E-state index is 13.6. The number of hydrogen-bond donors (Lipinski definition) is 1. The summed E-state index contributed by atoms with van der Waals surface area (Å²) in [5.74, 6) is 1.24. The predicted molar refractivity (Wildman–Crippen MR) is 156 cm³/mol. The van der Waals surface area contributed by atoms with E-state index < -0.39 is 16.1 Å². The van der Waals surface area contributed by atoms with Gasteiger partial charge in [-0.15, -0.1) is 11.3 Å². The Hall–Kier alpha value is -3.48. The summed E-state index contributed by atoms with van der Waals surface area (Å²) in [4.78, 5) is 32.5. The molecule has 1 N–H and O–H groups in total. The summed E-state index contributed by atoms with van der Waals surface area (Å²) < 4.78 is 39.3. The second kappa shape index (κ2) is 13.0. The van der Waals surface area contributed by atoms with Crippen LogP contribution in [0.1, 0.15) is 38.5 Å². The lowest BCUT2D eigenvalue weighted by Gasteiger charge is -2.39. The quantitative estimate of drug-likeness (QED) is 0.358. The lowest BCUT2D eigenvalue weighted by molar-refractivity contribution is -0.142. The van der Waals surface area contributed by atoms with Gasteiger partial charge in [-0.25, -0.2) is 13.4 Å². The molecule has 218 valence electrons. The van der Waals surface area contributed by atoms with Gasteiger partial charge in [0.1, 0.15) is 23.3 Å². The van der Waals surface area contributed by atoms with Crippen molar-refractivity contribution in [2.45, 2.75) is 49.5 Å². The number of rotatable bonds is 10. The normalized spacial score (nSPS) is 17.7. The van der Waals surface area contributed by atoms with Crippen molar-refractivity contribution in [2.24, 2.45) is 5.92 Å². The van der Waals surface area contributed by atoms with Gasteiger partial charge in [-0.05, 0) is 48.7 Å². The Labute approximate surface area is 244 Å². The van der Waals surface area contributed by atoms with Crippen LogP contribution in [-0.2, 0) is 19.6 Å². The van der Waals surface area contributed by atoms with Crippen LogP contribution in [0.15, 0.2) is 65.0 Å². The third-order valence-corrected chi connectivity index (χ3v) is 10.1. The SMILES string of the molecule is COc1ccc(Oc2cccc(S(=O)(=O)N3CCN([C@@H](CC4CCCCC4)C(=O)Nc4nccs4)C(=O)C3)c2)cc1. The molecule has 2 aromatic carbocycles. The number of anilines is 1. The fraction of sp³-hybridized carbons (Fsp3) is 0.414. The van der Waals surface area contributed by atoms with Gasteiger partial charge in [-0.2, -0.15) is 4.31 Å². The molecule has 2 heterocycles. The van der Waals surface area contributed by atoms with Crippen LogP contribution in [0.2, 0.25) is 0 Å². The molecule has 0 bridgehead atoms. The minimum Gasteiger partial charge on any atom is -0.497 e. The van der Waals surface area contributed by atoms with Crippen molar-refractivity contribution in [1.29, 1.82) is 0 Å². The molecule has 1 saturated heterocycles. The molecule has 0 spiro atoms. The summed E-state index contributed by atoms with van der Waals surface area (Å²) in [6.45, 7) is -0.121. The van der Waals surface area contributed by atoms with Crippen LogP contribution in [0.5, 0.6) is 17.2 Å². The number of piperazine rings is 1. The van der Waals surface area contributed by atoms with Gasteiger partial charge in [-0.1, -0.05) is 38.2 Å². The van der Waals surface area contributed by atoms with Crippen LogP contribution in [0, 0.1) is 5.92 Å². The number of methoxy groups -OCH3 is 1. The fourth-order valence-electron chi connectivity index (χ4n) is 5.41. The van der Waals surface area contributed by atoms with E-state index in [-0.39, 0.29) is 36.3 Å². The highest BCUT2D eigenvalue weighted by atomic mass is 32.2. The van der Waals surface area contributed by atoms with E-state index >= 15 is 0 Å². The molecule has 1 saturated carbocycles. The van der Waals surface area contributed by atoms with Crippen molar-refractivity contribution in [1.82, 2.24) is 14.2 Å². The number of nitrogens with one attached hydrogen (secondary N) is 1. The zero-order valence-electron chi connectivity index (χ0n) is 22.9. The van der Waals surface area contributed by atoms with Crippen molar-refractivity contribution < 1.29 is 27.5 Å². The Morgan fingerprint density at radius 1 is 1.07 bits per heavy atom. The van der Waals surface area contributed by atoms with Gasteiger partial charge in [0.2, 0.25) is 21.8 Å². The van der Waals surface area contributed by atoms with Crippen molar-refractivity contribution in [3.63, 3.8) is 0 Å². The Kier molecular flexibility index (Phi) is 9.21. The molecule has 1 atom stereocenters. The Morgan fingerprint density at radius 3 is 2.51 bits per heavy atom. The molecule has 1 aliphatic carbocycles. The fourth-order valence-corrected chi connectivity index (χ4v) is 7.36. The Morgan fingerprint density at radius 2 is 1.83 bits per heavy atom. The number of ether oxygens (including phenoxy) is 2. The first kappa shape index (κ1) is 29.0. The average Bonchev–Trinajstić information content (AvgIpc) is 3.50. The third kappa shape index (κ3) is 7.06. The van der Waals surface area contributed by atoms with Gasteiger partial charge in [0, 0.05) is 30.7 Å². The molecule has 0 radical (unpaired) electrons. The highest BCUT2D eigenvalue weighted by Crippen LogP contribution is 2.31. The van der Waals surface area contributed by atoms with Crippen LogP contribution in [0.4, 0.5) is 5.13 Å². The number of sulfonamides is 1. The lowest BCUT2D eigenvalue weighted by Crippen LogP contribution is -2.58. The molecule has 2 amide bonds. The molecule has 0 unspecified atom stereocenters. The molecule has 1 aromatic heterocycles. The smallest absolute Gasteiger partial charge is 0.248 e. The zero-order valence-corrected chi connectivity index (χ0v) is 24.5. The molecule has 5 rings (SSSR count). The van der Waals surface area contributed by atoms with Crippen LogP contribution in [0.25, 0.3) is 0 Å². The molecule has 2 fully saturated rings. The van der Waals surface area contributed by atoms with Crippen LogP contribution in [0.3, 0.4) is 0 Å². The first-order chi connectivity index (χ1) is 19.8. The second-order valence-electron chi connectivity index (χ2n) is 10.3. The van der Waals surface area contributed by atoms with Crippen LogP contribution >= 0.6 is 11.3 Å². The predicted octanol–water partition coefficient (Wildman–Crippen LogP) is 4.75.